The van der Waals surface area contributed by atoms with E-state index in [9.17, 15) is 54.3 Å². The van der Waals surface area contributed by atoms with Gasteiger partial charge in [-0.1, -0.05) is 71.1 Å². The highest BCUT2D eigenvalue weighted by Crippen LogP contribution is 2.38. The summed E-state index contributed by atoms with van der Waals surface area (Å²) in [6, 6.07) is -1.21. The van der Waals surface area contributed by atoms with Crippen LogP contribution in [0, 0.1) is 46.8 Å². The van der Waals surface area contributed by atoms with E-state index in [1.807, 2.05) is 51.2 Å². The quantitative estimate of drug-likeness (QED) is 0.106. The lowest BCUT2D eigenvalue weighted by Crippen LogP contribution is -2.61. The van der Waals surface area contributed by atoms with Gasteiger partial charge in [0.2, 0.25) is 5.79 Å². The fraction of sp³-hybridized carbons (Fsp3) is 0.750. The molecule has 3 heterocycles. The third-order valence-corrected chi connectivity index (χ3v) is 16.0. The third-order valence-electron chi connectivity index (χ3n) is 16.0. The van der Waals surface area contributed by atoms with Crippen molar-refractivity contribution in [3.63, 3.8) is 0 Å². The van der Waals surface area contributed by atoms with Gasteiger partial charge in [0.15, 0.2) is 0 Å². The number of Topliss-reactive ketones (excluding diaryl/α,β-unsaturated/α-hetero) is 3. The number of cyclic esters (lactones) is 1. The lowest BCUT2D eigenvalue weighted by Gasteiger charge is -2.42. The number of carbonyl (C=O) groups excluding carboxylic acids is 6. The molecule has 412 valence electrons. The molecular weight excluding hydrogens is 943 g/mol. The van der Waals surface area contributed by atoms with Crippen LogP contribution >= 0.6 is 0 Å². The summed E-state index contributed by atoms with van der Waals surface area (Å²) in [6.07, 6.45) is 10.6. The van der Waals surface area contributed by atoms with Crippen molar-refractivity contribution in [1.82, 2.24) is 4.90 Å². The molecule has 15 atom stereocenters. The van der Waals surface area contributed by atoms with Gasteiger partial charge in [0.05, 0.1) is 50.2 Å². The molecule has 73 heavy (non-hydrogen) atoms. The third kappa shape index (κ3) is 16.0. The van der Waals surface area contributed by atoms with Gasteiger partial charge in [-0.25, -0.2) is 4.79 Å². The summed E-state index contributed by atoms with van der Waals surface area (Å²) in [5.74, 6) is -10.7. The fourth-order valence-electron chi connectivity index (χ4n) is 10.8. The highest BCUT2D eigenvalue weighted by molar-refractivity contribution is 6.39. The number of piperidine rings is 1. The Kier molecular flexibility index (Phi) is 23.9. The number of allylic oxidation sites excluding steroid dienone is 6. The van der Waals surface area contributed by atoms with Gasteiger partial charge >= 0.3 is 11.9 Å². The first-order valence-electron chi connectivity index (χ1n) is 26.5. The predicted molar refractivity (Wildman–Crippen MR) is 271 cm³/mol. The van der Waals surface area contributed by atoms with Crippen molar-refractivity contribution >= 4 is 35.2 Å². The average molecular weight is 1030 g/mol. The lowest BCUT2D eigenvalue weighted by molar-refractivity contribution is -0.265. The van der Waals surface area contributed by atoms with E-state index in [-0.39, 0.29) is 49.2 Å². The molecule has 2 saturated heterocycles. The number of carbonyl (C=O) groups is 6. The highest BCUT2D eigenvalue weighted by Gasteiger charge is 2.53. The molecule has 4 aliphatic rings. The average Bonchev–Trinajstić information content (AvgIpc) is 3.37. The van der Waals surface area contributed by atoms with Gasteiger partial charge in [0.25, 0.3) is 11.7 Å². The zero-order valence-corrected chi connectivity index (χ0v) is 45.0. The Balaban J connectivity index is 1.69. The minimum absolute atomic E-state index is 0.0330. The van der Waals surface area contributed by atoms with Crippen molar-refractivity contribution in [2.75, 3.05) is 40.6 Å². The number of ketones is 3. The number of hydrogen-bond acceptors (Lipinski definition) is 16. The molecule has 2 bridgehead atoms. The van der Waals surface area contributed by atoms with E-state index in [4.69, 9.17) is 23.7 Å². The summed E-state index contributed by atoms with van der Waals surface area (Å²) >= 11 is 0. The molecule has 0 spiro atoms. The van der Waals surface area contributed by atoms with Crippen molar-refractivity contribution in [2.45, 2.75) is 181 Å². The molecule has 3 aliphatic heterocycles. The van der Waals surface area contributed by atoms with Crippen molar-refractivity contribution in [3.8, 4) is 0 Å². The zero-order chi connectivity index (χ0) is 54.4. The first-order valence-corrected chi connectivity index (χ1v) is 26.5. The number of aliphatic hydroxyl groups excluding tert-OH is 4. The van der Waals surface area contributed by atoms with Crippen LogP contribution in [0.1, 0.15) is 132 Å². The second-order valence-corrected chi connectivity index (χ2v) is 22.0. The molecule has 17 nitrogen and oxygen atoms in total. The van der Waals surface area contributed by atoms with Gasteiger partial charge in [-0.2, -0.15) is 0 Å². The normalized spacial score (nSPS) is 37.4. The predicted octanol–water partition coefficient (Wildman–Crippen LogP) is 5.32. The molecule has 1 aliphatic carbocycles. The SMILES string of the molecule is CO[C@H]1C[C@@H]2CC[C@@H](C)[C@@](O)(O2)C(=O)C(=O)N2CCCC[C@H]2C(=O)O[C@H]([C@H](C)CC2CC[C@@H](OC(=O)C(C)(CO)CO)[C@H](OC)C2)CC(=O)[C@H](C)/C=C(\C)[C@@H](O)[C@@H](CO)C(=O)[C@H](C)C[C@H](C)/C=C/C=C/C=C/1C. The molecule has 17 heteroatoms. The lowest BCUT2D eigenvalue weighted by atomic mass is 9.78. The van der Waals surface area contributed by atoms with Gasteiger partial charge in [-0.15, -0.1) is 0 Å². The van der Waals surface area contributed by atoms with Gasteiger partial charge in [-0.05, 0) is 114 Å². The number of methoxy groups -OCH3 is 2. The van der Waals surface area contributed by atoms with Gasteiger partial charge in [0.1, 0.15) is 35.2 Å². The summed E-state index contributed by atoms with van der Waals surface area (Å²) in [5.41, 5.74) is -0.327. The number of hydrogen-bond donors (Lipinski definition) is 5. The first-order chi connectivity index (χ1) is 34.5. The maximum absolute atomic E-state index is 14.5. The smallest absolute Gasteiger partial charge is 0.329 e. The topological polar surface area (TPSA) is 253 Å². The fourth-order valence-corrected chi connectivity index (χ4v) is 10.8. The van der Waals surface area contributed by atoms with Crippen LogP contribution in [0.25, 0.3) is 0 Å². The summed E-state index contributed by atoms with van der Waals surface area (Å²) < 4.78 is 29.8. The van der Waals surface area contributed by atoms with E-state index >= 15 is 0 Å². The Bertz CT molecular complexity index is 2010. The van der Waals surface area contributed by atoms with Crippen LogP contribution in [0.5, 0.6) is 0 Å². The number of amides is 1. The van der Waals surface area contributed by atoms with Crippen molar-refractivity contribution in [3.05, 3.63) is 47.6 Å². The first kappa shape index (κ1) is 61.6. The Labute approximate surface area is 432 Å². The van der Waals surface area contributed by atoms with Crippen LogP contribution in [0.4, 0.5) is 0 Å². The Morgan fingerprint density at radius 1 is 0.877 bits per heavy atom. The molecule has 5 N–H and O–H groups in total. The van der Waals surface area contributed by atoms with Crippen LogP contribution in [0.15, 0.2) is 47.6 Å². The van der Waals surface area contributed by atoms with E-state index in [1.54, 1.807) is 40.9 Å². The summed E-state index contributed by atoms with van der Waals surface area (Å²) in [5, 5.41) is 53.4. The number of aliphatic hydroxyl groups is 5. The zero-order valence-electron chi connectivity index (χ0n) is 45.0. The molecule has 0 aromatic carbocycles. The number of ether oxygens (including phenoxy) is 5. The van der Waals surface area contributed by atoms with E-state index in [0.29, 0.717) is 63.4 Å². The second-order valence-electron chi connectivity index (χ2n) is 22.0. The van der Waals surface area contributed by atoms with Crippen LogP contribution in [0.3, 0.4) is 0 Å². The summed E-state index contributed by atoms with van der Waals surface area (Å²) in [4.78, 5) is 85.3. The standard InChI is InChI=1S/C56H87NO16/c1-33-16-12-11-13-17-34(2)46(69-9)28-41-21-19-39(7)56(68,73-41)51(64)52(65)57-23-15-14-18-43(57)53(66)71-47(29-44(61)35(3)25-38(6)50(63)42(30-58)49(62)37(5)24-33)36(4)26-40-20-22-45(48(27-40)70-10)72-54(67)55(8,31-59)32-60/h11-13,16-17,25,33,35-37,39-43,45-48,50,58-60,63,68H,14-15,18-24,26-32H2,1-10H3/b13-11+,16-12+,34-17+,38-25+/t33-,35-,36-,37-,39-,40?,41+,42+,43+,45-,46+,47+,48-,50-,56-/m1/s1. The minimum Gasteiger partial charge on any atom is -0.460 e. The van der Waals surface area contributed by atoms with Crippen molar-refractivity contribution in [1.29, 1.82) is 0 Å². The molecule has 0 aromatic heterocycles. The molecule has 3 fully saturated rings. The van der Waals surface area contributed by atoms with Crippen LogP contribution < -0.4 is 0 Å². The van der Waals surface area contributed by atoms with Gasteiger partial charge in [-0.3, -0.25) is 24.0 Å². The second kappa shape index (κ2) is 28.3. The van der Waals surface area contributed by atoms with E-state index in [0.717, 1.165) is 10.5 Å². The van der Waals surface area contributed by atoms with Gasteiger partial charge < -0.3 is 54.1 Å². The summed E-state index contributed by atoms with van der Waals surface area (Å²) in [6.45, 7) is 12.0. The molecule has 1 saturated carbocycles. The number of nitrogens with zero attached hydrogens (tertiary/aromatic N) is 1. The molecule has 1 unspecified atom stereocenters. The van der Waals surface area contributed by atoms with Crippen molar-refractivity contribution < 1.29 is 78.0 Å². The van der Waals surface area contributed by atoms with Crippen LogP contribution in [-0.4, -0.2) is 155 Å². The molecule has 1 amide bonds. The Morgan fingerprint density at radius 2 is 1.58 bits per heavy atom. The van der Waals surface area contributed by atoms with E-state index in [1.165, 1.54) is 14.0 Å². The van der Waals surface area contributed by atoms with Crippen molar-refractivity contribution in [2.24, 2.45) is 46.8 Å². The monoisotopic (exact) mass is 1030 g/mol. The number of rotatable bonds is 10. The highest BCUT2D eigenvalue weighted by atomic mass is 16.6. The van der Waals surface area contributed by atoms with E-state index in [2.05, 4.69) is 0 Å². The van der Waals surface area contributed by atoms with Gasteiger partial charge in [0, 0.05) is 51.4 Å². The van der Waals surface area contributed by atoms with E-state index < -0.39 is 127 Å². The largest absolute Gasteiger partial charge is 0.460 e. The van der Waals surface area contributed by atoms with Crippen LogP contribution in [-0.2, 0) is 52.5 Å². The molecule has 0 aromatic rings. The summed E-state index contributed by atoms with van der Waals surface area (Å²) in [7, 11) is 3.06. The maximum atomic E-state index is 14.5. The molecule has 0 radical (unpaired) electrons. The Morgan fingerprint density at radius 3 is 2.22 bits per heavy atom. The minimum atomic E-state index is -2.47. The Hall–Kier alpha value is -3.94. The number of esters is 2. The molecule has 4 rings (SSSR count). The maximum Gasteiger partial charge on any atom is 0.329 e. The molecular formula is C56H87NO16. The number of fused-ring (bicyclic) bond motifs is 3. The van der Waals surface area contributed by atoms with Crippen LogP contribution in [0.2, 0.25) is 0 Å².